The van der Waals surface area contributed by atoms with Crippen LogP contribution in [0.5, 0.6) is 11.5 Å². The lowest BCUT2D eigenvalue weighted by Gasteiger charge is -2.13. The molecule has 29 heavy (non-hydrogen) atoms. The quantitative estimate of drug-likeness (QED) is 0.339. The van der Waals surface area contributed by atoms with E-state index in [1.165, 1.54) is 19.3 Å². The molecule has 5 nitrogen and oxygen atoms in total. The average molecular weight is 397 g/mol. The Kier molecular flexibility index (Phi) is 9.63. The van der Waals surface area contributed by atoms with Crippen LogP contribution in [-0.4, -0.2) is 25.7 Å². The second-order valence-corrected chi connectivity index (χ2v) is 7.08. The van der Waals surface area contributed by atoms with Crippen LogP contribution in [0.4, 0.5) is 11.4 Å². The molecule has 0 saturated carbocycles. The number of ether oxygens (including phenoxy) is 2. The third-order valence-corrected chi connectivity index (χ3v) is 4.21. The van der Waals surface area contributed by atoms with Crippen LogP contribution >= 0.6 is 0 Å². The molecule has 0 heterocycles. The van der Waals surface area contributed by atoms with E-state index in [-0.39, 0.29) is 12.5 Å². The van der Waals surface area contributed by atoms with E-state index in [0.29, 0.717) is 12.4 Å². The van der Waals surface area contributed by atoms with Gasteiger partial charge in [-0.25, -0.2) is 0 Å². The van der Waals surface area contributed by atoms with Gasteiger partial charge < -0.3 is 20.1 Å². The summed E-state index contributed by atoms with van der Waals surface area (Å²) in [6, 6.07) is 15.0. The maximum atomic E-state index is 12.3. The Morgan fingerprint density at radius 1 is 1.00 bits per heavy atom. The number of hydrogen-bond donors (Lipinski definition) is 2. The van der Waals surface area contributed by atoms with Crippen LogP contribution in [0.25, 0.3) is 0 Å². The Balaban J connectivity index is 1.77. The molecule has 0 aliphatic carbocycles. The second kappa shape index (κ2) is 12.5. The molecule has 0 aliphatic rings. The van der Waals surface area contributed by atoms with Gasteiger partial charge in [0.2, 0.25) is 5.91 Å². The molecule has 0 aromatic heterocycles. The molecule has 0 spiro atoms. The Labute approximate surface area is 174 Å². The largest absolute Gasteiger partial charge is 0.494 e. The predicted molar refractivity (Wildman–Crippen MR) is 120 cm³/mol. The SMILES string of the molecule is C=C(C)COc1ccccc1NCC(=O)Nc1ccc(OCCCCCC)cc1. The van der Waals surface area contributed by atoms with Crippen molar-refractivity contribution in [1.82, 2.24) is 0 Å². The van der Waals surface area contributed by atoms with Crippen LogP contribution in [-0.2, 0) is 4.79 Å². The van der Waals surface area contributed by atoms with E-state index in [1.54, 1.807) is 0 Å². The highest BCUT2D eigenvalue weighted by atomic mass is 16.5. The molecular weight excluding hydrogens is 364 g/mol. The zero-order chi connectivity index (χ0) is 20.9. The Morgan fingerprint density at radius 3 is 2.48 bits per heavy atom. The number of rotatable bonds is 13. The van der Waals surface area contributed by atoms with Crippen molar-refractivity contribution in [2.24, 2.45) is 0 Å². The highest BCUT2D eigenvalue weighted by molar-refractivity contribution is 5.94. The smallest absolute Gasteiger partial charge is 0.243 e. The number of benzene rings is 2. The third-order valence-electron chi connectivity index (χ3n) is 4.21. The zero-order valence-electron chi connectivity index (χ0n) is 17.5. The number of anilines is 2. The van der Waals surface area contributed by atoms with Crippen molar-refractivity contribution in [3.05, 3.63) is 60.7 Å². The van der Waals surface area contributed by atoms with Gasteiger partial charge in [0.05, 0.1) is 18.8 Å². The molecule has 2 aromatic carbocycles. The summed E-state index contributed by atoms with van der Waals surface area (Å²) >= 11 is 0. The van der Waals surface area contributed by atoms with Crippen LogP contribution in [0.1, 0.15) is 39.5 Å². The van der Waals surface area contributed by atoms with Gasteiger partial charge in [-0.3, -0.25) is 4.79 Å². The van der Waals surface area contributed by atoms with Crippen molar-refractivity contribution in [2.75, 3.05) is 30.4 Å². The summed E-state index contributed by atoms with van der Waals surface area (Å²) in [5, 5.41) is 6.00. The molecule has 0 bridgehead atoms. The molecule has 0 unspecified atom stereocenters. The minimum Gasteiger partial charge on any atom is -0.494 e. The first-order chi connectivity index (χ1) is 14.1. The number of carbonyl (C=O) groups is 1. The molecule has 0 radical (unpaired) electrons. The van der Waals surface area contributed by atoms with Gasteiger partial charge in [0.15, 0.2) is 0 Å². The fourth-order valence-corrected chi connectivity index (χ4v) is 2.67. The molecule has 2 rings (SSSR count). The zero-order valence-corrected chi connectivity index (χ0v) is 17.5. The van der Waals surface area contributed by atoms with E-state index in [9.17, 15) is 4.79 Å². The minimum absolute atomic E-state index is 0.132. The Morgan fingerprint density at radius 2 is 1.76 bits per heavy atom. The lowest BCUT2D eigenvalue weighted by atomic mass is 10.2. The average Bonchev–Trinajstić information content (AvgIpc) is 2.72. The number of nitrogens with one attached hydrogen (secondary N) is 2. The van der Waals surface area contributed by atoms with Gasteiger partial charge >= 0.3 is 0 Å². The van der Waals surface area contributed by atoms with Gasteiger partial charge in [-0.2, -0.15) is 0 Å². The monoisotopic (exact) mass is 396 g/mol. The number of para-hydroxylation sites is 2. The Hall–Kier alpha value is -2.95. The van der Waals surface area contributed by atoms with E-state index >= 15 is 0 Å². The first kappa shape index (κ1) is 22.3. The van der Waals surface area contributed by atoms with Crippen molar-refractivity contribution in [3.8, 4) is 11.5 Å². The van der Waals surface area contributed by atoms with E-state index < -0.39 is 0 Å². The number of carbonyl (C=O) groups excluding carboxylic acids is 1. The molecule has 0 atom stereocenters. The predicted octanol–water partition coefficient (Wildman–Crippen LogP) is 5.65. The van der Waals surface area contributed by atoms with Crippen molar-refractivity contribution >= 4 is 17.3 Å². The van der Waals surface area contributed by atoms with Gasteiger partial charge in [-0.05, 0) is 55.3 Å². The van der Waals surface area contributed by atoms with Gasteiger partial charge in [0, 0.05) is 5.69 Å². The normalized spacial score (nSPS) is 10.3. The molecule has 0 fully saturated rings. The first-order valence-electron chi connectivity index (χ1n) is 10.2. The van der Waals surface area contributed by atoms with Crippen molar-refractivity contribution in [2.45, 2.75) is 39.5 Å². The molecule has 0 saturated heterocycles. The van der Waals surface area contributed by atoms with Gasteiger partial charge in [0.1, 0.15) is 18.1 Å². The first-order valence-corrected chi connectivity index (χ1v) is 10.2. The van der Waals surface area contributed by atoms with E-state index in [2.05, 4.69) is 24.1 Å². The topological polar surface area (TPSA) is 59.6 Å². The van der Waals surface area contributed by atoms with Gasteiger partial charge in [-0.1, -0.05) is 44.9 Å². The second-order valence-electron chi connectivity index (χ2n) is 7.08. The molecular formula is C24H32N2O3. The summed E-state index contributed by atoms with van der Waals surface area (Å²) in [6.07, 6.45) is 4.72. The molecule has 156 valence electrons. The summed E-state index contributed by atoms with van der Waals surface area (Å²) < 4.78 is 11.4. The molecule has 2 N–H and O–H groups in total. The third kappa shape index (κ3) is 8.73. The van der Waals surface area contributed by atoms with Crippen LogP contribution in [0, 0.1) is 0 Å². The maximum Gasteiger partial charge on any atom is 0.243 e. The van der Waals surface area contributed by atoms with Gasteiger partial charge in [0.25, 0.3) is 0 Å². The number of hydrogen-bond acceptors (Lipinski definition) is 4. The highest BCUT2D eigenvalue weighted by Crippen LogP contribution is 2.24. The lowest BCUT2D eigenvalue weighted by molar-refractivity contribution is -0.114. The summed E-state index contributed by atoms with van der Waals surface area (Å²) in [6.45, 7) is 9.25. The van der Waals surface area contributed by atoms with Crippen molar-refractivity contribution in [3.63, 3.8) is 0 Å². The van der Waals surface area contributed by atoms with Crippen molar-refractivity contribution < 1.29 is 14.3 Å². The summed E-state index contributed by atoms with van der Waals surface area (Å²) in [7, 11) is 0. The summed E-state index contributed by atoms with van der Waals surface area (Å²) in [5.41, 5.74) is 2.45. The van der Waals surface area contributed by atoms with E-state index in [4.69, 9.17) is 9.47 Å². The van der Waals surface area contributed by atoms with Crippen LogP contribution < -0.4 is 20.1 Å². The van der Waals surface area contributed by atoms with Gasteiger partial charge in [-0.15, -0.1) is 0 Å². The molecule has 0 aliphatic heterocycles. The molecule has 1 amide bonds. The van der Waals surface area contributed by atoms with Crippen molar-refractivity contribution in [1.29, 1.82) is 0 Å². The highest BCUT2D eigenvalue weighted by Gasteiger charge is 2.07. The molecule has 2 aromatic rings. The van der Waals surface area contributed by atoms with E-state index in [0.717, 1.165) is 35.7 Å². The Bertz CT molecular complexity index is 772. The van der Waals surface area contributed by atoms with E-state index in [1.807, 2.05) is 55.5 Å². The fraction of sp³-hybridized carbons (Fsp3) is 0.375. The number of amides is 1. The minimum atomic E-state index is -0.132. The maximum absolute atomic E-state index is 12.3. The lowest BCUT2D eigenvalue weighted by Crippen LogP contribution is -2.22. The molecule has 5 heteroatoms. The van der Waals surface area contributed by atoms with Crippen LogP contribution in [0.15, 0.2) is 60.7 Å². The van der Waals surface area contributed by atoms with Crippen LogP contribution in [0.2, 0.25) is 0 Å². The fourth-order valence-electron chi connectivity index (χ4n) is 2.67. The summed E-state index contributed by atoms with van der Waals surface area (Å²) in [5.74, 6) is 1.39. The standard InChI is InChI=1S/C24H32N2O3/c1-4-5-6-9-16-28-21-14-12-20(13-15-21)26-24(27)17-25-22-10-7-8-11-23(22)29-18-19(2)3/h7-8,10-15,25H,2,4-6,9,16-18H2,1,3H3,(H,26,27). The summed E-state index contributed by atoms with van der Waals surface area (Å²) in [4.78, 5) is 12.3. The number of unbranched alkanes of at least 4 members (excludes halogenated alkanes) is 3. The van der Waals surface area contributed by atoms with Crippen LogP contribution in [0.3, 0.4) is 0 Å².